The maximum Gasteiger partial charge on any atom is 0.149 e. The van der Waals surface area contributed by atoms with Gasteiger partial charge in [-0.15, -0.1) is 0 Å². The third-order valence-electron chi connectivity index (χ3n) is 13.6. The molecule has 10 aromatic rings. The zero-order chi connectivity index (χ0) is 47.4. The van der Waals surface area contributed by atoms with Crippen LogP contribution in [0.25, 0.3) is 94.3 Å². The van der Waals surface area contributed by atoms with Gasteiger partial charge in [0, 0.05) is 50.7 Å². The van der Waals surface area contributed by atoms with Crippen molar-refractivity contribution in [2.24, 2.45) is 0 Å². The summed E-state index contributed by atoms with van der Waals surface area (Å²) in [6.45, 7) is 26.8. The Bertz CT molecular complexity index is 3560. The molecule has 0 saturated heterocycles. The molecule has 5 nitrogen and oxygen atoms in total. The topological polar surface area (TPSA) is 64.1 Å². The molecule has 3 aromatic heterocycles. The van der Waals surface area contributed by atoms with Crippen LogP contribution in [0.3, 0.4) is 0 Å². The Kier molecular flexibility index (Phi) is 10.2. The van der Waals surface area contributed by atoms with Crippen molar-refractivity contribution in [3.63, 3.8) is 0 Å². The summed E-state index contributed by atoms with van der Waals surface area (Å²) in [5, 5.41) is 16.9. The van der Waals surface area contributed by atoms with Crippen LogP contribution in [0.15, 0.2) is 150 Å². The second kappa shape index (κ2) is 15.6. The number of phenols is 1. The van der Waals surface area contributed by atoms with E-state index in [-0.39, 0.29) is 27.4 Å². The van der Waals surface area contributed by atoms with E-state index in [1.165, 1.54) is 11.1 Å². The molecule has 0 radical (unpaired) electrons. The summed E-state index contributed by atoms with van der Waals surface area (Å²) in [6, 6.07) is 49.9. The average Bonchev–Trinajstić information content (AvgIpc) is 3.86. The number of nitrogens with zero attached hydrogens (tertiary/aromatic N) is 3. The van der Waals surface area contributed by atoms with Crippen molar-refractivity contribution in [2.75, 3.05) is 0 Å². The van der Waals surface area contributed by atoms with Gasteiger partial charge in [0.05, 0.1) is 28.0 Å². The lowest BCUT2D eigenvalue weighted by Crippen LogP contribution is -2.17. The SMILES string of the molecule is CC(C)(C)c1cc(-c2cc3oc4c5ccccc5ccc4c3cn2)cc(-c2cccc3c2nc(-c2cc(C(C)(C)C)cc(C(C)(C)C)c2O)n3-c2ccc(C(C)(C)C)cc2-c2ccccc2)c1. The predicted molar refractivity (Wildman–Crippen MR) is 282 cm³/mol. The monoisotopic (exact) mass is 879 g/mol. The summed E-state index contributed by atoms with van der Waals surface area (Å²) < 4.78 is 8.95. The molecule has 0 spiro atoms. The Morgan fingerprint density at radius 3 is 1.88 bits per heavy atom. The zero-order valence-corrected chi connectivity index (χ0v) is 41.1. The van der Waals surface area contributed by atoms with E-state index >= 15 is 0 Å². The van der Waals surface area contributed by atoms with Crippen LogP contribution in [-0.4, -0.2) is 19.6 Å². The van der Waals surface area contributed by atoms with Crippen LogP contribution >= 0.6 is 0 Å². The first-order valence-corrected chi connectivity index (χ1v) is 23.6. The van der Waals surface area contributed by atoms with Crippen LogP contribution in [0, 0.1) is 0 Å². The Hall–Kier alpha value is -6.98. The number of aromatic nitrogens is 3. The first kappa shape index (κ1) is 43.9. The van der Waals surface area contributed by atoms with Crippen LogP contribution in [-0.2, 0) is 21.7 Å². The van der Waals surface area contributed by atoms with Crippen molar-refractivity contribution < 1.29 is 9.52 Å². The summed E-state index contributed by atoms with van der Waals surface area (Å²) in [5.41, 5.74) is 14.9. The number of hydrogen-bond acceptors (Lipinski definition) is 4. The van der Waals surface area contributed by atoms with Gasteiger partial charge < -0.3 is 9.52 Å². The van der Waals surface area contributed by atoms with Gasteiger partial charge >= 0.3 is 0 Å². The third kappa shape index (κ3) is 7.78. The fourth-order valence-electron chi connectivity index (χ4n) is 9.53. The average molecular weight is 880 g/mol. The Labute approximate surface area is 395 Å². The number of para-hydroxylation sites is 1. The number of rotatable bonds is 5. The van der Waals surface area contributed by atoms with E-state index in [1.807, 2.05) is 6.20 Å². The number of fused-ring (bicyclic) bond motifs is 6. The van der Waals surface area contributed by atoms with E-state index in [0.717, 1.165) is 94.1 Å². The molecule has 0 unspecified atom stereocenters. The van der Waals surface area contributed by atoms with Crippen LogP contribution in [0.2, 0.25) is 0 Å². The standard InChI is InChI=1S/C62H61N3O2/c1-59(2,3)41-26-28-52(47(32-41)37-19-14-13-15-20-37)65-53-24-18-23-44(55(53)64-58(65)48-33-43(61(7,8)9)34-50(56(48)66)62(10,11)12)39-29-40(31-42(30-39)60(4,5)6)51-35-54-49(36-63-51)46-27-25-38-21-16-17-22-45(38)57(46)67-54/h13-36,66H,1-12H3. The largest absolute Gasteiger partial charge is 0.507 e. The minimum Gasteiger partial charge on any atom is -0.507 e. The molecule has 0 saturated carbocycles. The van der Waals surface area contributed by atoms with Crippen molar-refractivity contribution in [1.82, 2.24) is 14.5 Å². The lowest BCUT2D eigenvalue weighted by Gasteiger charge is -2.28. The Balaban J connectivity index is 1.26. The zero-order valence-electron chi connectivity index (χ0n) is 41.1. The molecule has 0 fully saturated rings. The molecule has 0 amide bonds. The fraction of sp³-hybridized carbons (Fsp3) is 0.258. The second-order valence-corrected chi connectivity index (χ2v) is 22.6. The summed E-state index contributed by atoms with van der Waals surface area (Å²) >= 11 is 0. The van der Waals surface area contributed by atoms with Crippen LogP contribution < -0.4 is 0 Å². The first-order chi connectivity index (χ1) is 31.6. The molecule has 0 aliphatic heterocycles. The minimum atomic E-state index is -0.331. The fourth-order valence-corrected chi connectivity index (χ4v) is 9.53. The molecular weight excluding hydrogens is 819 g/mol. The summed E-state index contributed by atoms with van der Waals surface area (Å²) in [6.07, 6.45) is 1.96. The number of furan rings is 1. The van der Waals surface area contributed by atoms with Crippen LogP contribution in [0.1, 0.15) is 105 Å². The summed E-state index contributed by atoms with van der Waals surface area (Å²) in [5.74, 6) is 0.942. The minimum absolute atomic E-state index is 0.0794. The predicted octanol–water partition coefficient (Wildman–Crippen LogP) is 17.0. The van der Waals surface area contributed by atoms with Crippen molar-refractivity contribution in [3.8, 4) is 56.3 Å². The number of imidazole rings is 1. The van der Waals surface area contributed by atoms with E-state index in [2.05, 4.69) is 227 Å². The van der Waals surface area contributed by atoms with Gasteiger partial charge in [0.2, 0.25) is 0 Å². The van der Waals surface area contributed by atoms with Gasteiger partial charge in [-0.1, -0.05) is 174 Å². The van der Waals surface area contributed by atoms with Gasteiger partial charge in [-0.25, -0.2) is 4.98 Å². The van der Waals surface area contributed by atoms with Crippen molar-refractivity contribution in [1.29, 1.82) is 0 Å². The third-order valence-corrected chi connectivity index (χ3v) is 13.6. The van der Waals surface area contributed by atoms with Gasteiger partial charge in [-0.05, 0) is 97.3 Å². The highest BCUT2D eigenvalue weighted by atomic mass is 16.3. The Morgan fingerprint density at radius 2 is 1.16 bits per heavy atom. The van der Waals surface area contributed by atoms with Gasteiger partial charge in [0.1, 0.15) is 22.7 Å². The molecule has 0 aliphatic rings. The molecule has 5 heteroatoms. The lowest BCUT2D eigenvalue weighted by molar-refractivity contribution is 0.446. The van der Waals surface area contributed by atoms with E-state index in [4.69, 9.17) is 14.4 Å². The highest BCUT2D eigenvalue weighted by Crippen LogP contribution is 2.46. The highest BCUT2D eigenvalue weighted by Gasteiger charge is 2.30. The van der Waals surface area contributed by atoms with E-state index < -0.39 is 0 Å². The first-order valence-electron chi connectivity index (χ1n) is 23.6. The maximum atomic E-state index is 12.6. The van der Waals surface area contributed by atoms with Crippen molar-refractivity contribution >= 4 is 43.7 Å². The van der Waals surface area contributed by atoms with E-state index in [1.54, 1.807) is 0 Å². The quantitative estimate of drug-likeness (QED) is 0.187. The number of pyridine rings is 1. The molecule has 1 N–H and O–H groups in total. The smallest absolute Gasteiger partial charge is 0.149 e. The second-order valence-electron chi connectivity index (χ2n) is 22.6. The van der Waals surface area contributed by atoms with Gasteiger partial charge in [-0.3, -0.25) is 9.55 Å². The van der Waals surface area contributed by atoms with Gasteiger partial charge in [0.25, 0.3) is 0 Å². The number of hydrogen-bond donors (Lipinski definition) is 1. The van der Waals surface area contributed by atoms with Crippen molar-refractivity contribution in [3.05, 3.63) is 168 Å². The molecule has 0 aliphatic carbocycles. The van der Waals surface area contributed by atoms with E-state index in [0.29, 0.717) is 11.4 Å². The Morgan fingerprint density at radius 1 is 0.493 bits per heavy atom. The molecule has 3 heterocycles. The lowest BCUT2D eigenvalue weighted by atomic mass is 9.79. The van der Waals surface area contributed by atoms with Crippen LogP contribution in [0.5, 0.6) is 5.75 Å². The van der Waals surface area contributed by atoms with Gasteiger partial charge in [-0.2, -0.15) is 0 Å². The number of benzene rings is 7. The molecule has 336 valence electrons. The summed E-state index contributed by atoms with van der Waals surface area (Å²) in [4.78, 5) is 10.8. The van der Waals surface area contributed by atoms with E-state index in [9.17, 15) is 5.11 Å². The summed E-state index contributed by atoms with van der Waals surface area (Å²) in [7, 11) is 0. The molecule has 0 atom stereocenters. The number of phenolic OH excluding ortho intramolecular Hbond substituents is 1. The maximum absolute atomic E-state index is 12.6. The molecule has 67 heavy (non-hydrogen) atoms. The highest BCUT2D eigenvalue weighted by molar-refractivity contribution is 6.15. The molecule has 10 rings (SSSR count). The van der Waals surface area contributed by atoms with Gasteiger partial charge in [0.15, 0.2) is 0 Å². The number of aromatic hydroxyl groups is 1. The molecule has 7 aromatic carbocycles. The normalized spacial score (nSPS) is 12.8. The van der Waals surface area contributed by atoms with Crippen molar-refractivity contribution in [2.45, 2.75) is 105 Å². The molecule has 0 bridgehead atoms. The molecular formula is C62H61N3O2. The van der Waals surface area contributed by atoms with Crippen LogP contribution in [0.4, 0.5) is 0 Å².